The molecule has 0 aromatic heterocycles. The van der Waals surface area contributed by atoms with Gasteiger partial charge in [0, 0.05) is 12.1 Å². The normalized spacial score (nSPS) is 10.3. The number of amides is 1. The van der Waals surface area contributed by atoms with Crippen LogP contribution in [0.2, 0.25) is 0 Å². The second-order valence-corrected chi connectivity index (χ2v) is 4.11. The Labute approximate surface area is 102 Å². The second-order valence-electron chi connectivity index (χ2n) is 4.11. The monoisotopic (exact) mass is 234 g/mol. The number of ketones is 1. The van der Waals surface area contributed by atoms with Crippen molar-refractivity contribution in [2.24, 2.45) is 0 Å². The van der Waals surface area contributed by atoms with Crippen LogP contribution in [0.4, 0.5) is 0 Å². The molecule has 1 rings (SSSR count). The second kappa shape index (κ2) is 6.81. The fraction of sp³-hybridized carbons (Fsp3) is 0.385. The van der Waals surface area contributed by atoms with Crippen molar-refractivity contribution in [3.8, 4) is 0 Å². The van der Waals surface area contributed by atoms with E-state index in [2.05, 4.69) is 5.32 Å². The lowest BCUT2D eigenvalue weighted by atomic mass is 10.1. The van der Waals surface area contributed by atoms with E-state index in [4.69, 9.17) is 0 Å². The van der Waals surface area contributed by atoms with E-state index < -0.39 is 11.7 Å². The molecule has 1 amide bonds. The molecule has 0 atom stereocenters. The number of carbonyl (C=O) groups excluding carboxylic acids is 2. The molecule has 1 aromatic carbocycles. The summed E-state index contributed by atoms with van der Waals surface area (Å²) >= 11 is 0. The van der Waals surface area contributed by atoms with Gasteiger partial charge in [-0.25, -0.2) is 0 Å². The molecular weight excluding hydrogens is 216 g/mol. The largest absolute Gasteiger partial charge is 0.349 e. The molecule has 0 radical (unpaired) electrons. The first-order valence-corrected chi connectivity index (χ1v) is 5.63. The fourth-order valence-corrected chi connectivity index (χ4v) is 1.40. The fourth-order valence-electron chi connectivity index (χ4n) is 1.40. The molecule has 4 heteroatoms. The van der Waals surface area contributed by atoms with Crippen molar-refractivity contribution in [3.63, 3.8) is 0 Å². The Morgan fingerprint density at radius 1 is 1.18 bits per heavy atom. The molecule has 0 unspecified atom stereocenters. The molecule has 0 fully saturated rings. The first kappa shape index (κ1) is 13.4. The van der Waals surface area contributed by atoms with Crippen molar-refractivity contribution in [1.29, 1.82) is 0 Å². The number of hydrogen-bond donors (Lipinski definition) is 1. The van der Waals surface area contributed by atoms with E-state index >= 15 is 0 Å². The Balaban J connectivity index is 2.36. The summed E-state index contributed by atoms with van der Waals surface area (Å²) in [5, 5.41) is 2.62. The van der Waals surface area contributed by atoms with E-state index in [9.17, 15) is 9.59 Å². The number of Topliss-reactive ketones (excluding diaryl/α,β-unsaturated/α-hetero) is 1. The van der Waals surface area contributed by atoms with Gasteiger partial charge in [-0.15, -0.1) is 0 Å². The maximum Gasteiger partial charge on any atom is 0.292 e. The summed E-state index contributed by atoms with van der Waals surface area (Å²) in [4.78, 5) is 25.2. The van der Waals surface area contributed by atoms with Gasteiger partial charge in [0.15, 0.2) is 0 Å². The van der Waals surface area contributed by atoms with Gasteiger partial charge in [-0.2, -0.15) is 0 Å². The summed E-state index contributed by atoms with van der Waals surface area (Å²) < 4.78 is 0. The van der Waals surface area contributed by atoms with Crippen molar-refractivity contribution < 1.29 is 9.59 Å². The van der Waals surface area contributed by atoms with Crippen LogP contribution in [0.3, 0.4) is 0 Å². The highest BCUT2D eigenvalue weighted by atomic mass is 16.2. The van der Waals surface area contributed by atoms with Gasteiger partial charge in [0.25, 0.3) is 5.91 Å². The van der Waals surface area contributed by atoms with Crippen molar-refractivity contribution in [2.45, 2.75) is 6.42 Å². The van der Waals surface area contributed by atoms with Gasteiger partial charge in [-0.05, 0) is 27.1 Å². The minimum Gasteiger partial charge on any atom is -0.349 e. The highest BCUT2D eigenvalue weighted by molar-refractivity contribution is 6.42. The van der Waals surface area contributed by atoms with E-state index in [0.29, 0.717) is 12.1 Å². The standard InChI is InChI=1S/C13H18N2O2/c1-15(2)10-6-9-14-13(17)12(16)11-7-4-3-5-8-11/h3-5,7-8H,6,9-10H2,1-2H3,(H,14,17). The van der Waals surface area contributed by atoms with Crippen molar-refractivity contribution in [3.05, 3.63) is 35.9 Å². The smallest absolute Gasteiger partial charge is 0.292 e. The van der Waals surface area contributed by atoms with Crippen molar-refractivity contribution in [1.82, 2.24) is 10.2 Å². The Bertz CT molecular complexity index is 374. The summed E-state index contributed by atoms with van der Waals surface area (Å²) in [5.74, 6) is -1.01. The van der Waals surface area contributed by atoms with E-state index in [1.165, 1.54) is 0 Å². The van der Waals surface area contributed by atoms with E-state index in [0.717, 1.165) is 13.0 Å². The molecule has 92 valence electrons. The minimum absolute atomic E-state index is 0.428. The molecule has 0 aliphatic carbocycles. The summed E-state index contributed by atoms with van der Waals surface area (Å²) in [7, 11) is 3.94. The van der Waals surface area contributed by atoms with Gasteiger partial charge in [0.2, 0.25) is 5.78 Å². The molecule has 4 nitrogen and oxygen atoms in total. The van der Waals surface area contributed by atoms with Crippen LogP contribution in [-0.4, -0.2) is 43.8 Å². The van der Waals surface area contributed by atoms with E-state index in [1.807, 2.05) is 25.1 Å². The predicted octanol–water partition coefficient (Wildman–Crippen LogP) is 0.937. The highest BCUT2D eigenvalue weighted by Crippen LogP contribution is 1.99. The van der Waals surface area contributed by atoms with Gasteiger partial charge in [0.05, 0.1) is 0 Å². The summed E-state index contributed by atoms with van der Waals surface area (Å²) in [6, 6.07) is 8.58. The van der Waals surface area contributed by atoms with Gasteiger partial charge < -0.3 is 10.2 Å². The van der Waals surface area contributed by atoms with Gasteiger partial charge in [-0.1, -0.05) is 30.3 Å². The van der Waals surface area contributed by atoms with E-state index in [-0.39, 0.29) is 0 Å². The van der Waals surface area contributed by atoms with Crippen LogP contribution < -0.4 is 5.32 Å². The first-order valence-electron chi connectivity index (χ1n) is 5.63. The van der Waals surface area contributed by atoms with Crippen LogP contribution in [0.5, 0.6) is 0 Å². The Kier molecular flexibility index (Phi) is 5.36. The lowest BCUT2D eigenvalue weighted by Gasteiger charge is -2.09. The maximum atomic E-state index is 11.7. The molecule has 1 aromatic rings. The third-order valence-electron chi connectivity index (χ3n) is 2.31. The SMILES string of the molecule is CN(C)CCCNC(=O)C(=O)c1ccccc1. The van der Waals surface area contributed by atoms with E-state index in [1.54, 1.807) is 24.3 Å². The zero-order valence-corrected chi connectivity index (χ0v) is 10.3. The number of hydrogen-bond acceptors (Lipinski definition) is 3. The highest BCUT2D eigenvalue weighted by Gasteiger charge is 2.14. The summed E-state index contributed by atoms with van der Waals surface area (Å²) in [5.41, 5.74) is 0.428. The third kappa shape index (κ3) is 4.78. The van der Waals surface area contributed by atoms with Crippen LogP contribution in [0.25, 0.3) is 0 Å². The van der Waals surface area contributed by atoms with Crippen LogP contribution in [0.1, 0.15) is 16.8 Å². The van der Waals surface area contributed by atoms with Crippen molar-refractivity contribution >= 4 is 11.7 Å². The molecule has 0 bridgehead atoms. The zero-order chi connectivity index (χ0) is 12.7. The number of nitrogens with one attached hydrogen (secondary N) is 1. The van der Waals surface area contributed by atoms with Crippen molar-refractivity contribution in [2.75, 3.05) is 27.2 Å². The van der Waals surface area contributed by atoms with Gasteiger partial charge >= 0.3 is 0 Å². The Morgan fingerprint density at radius 3 is 2.41 bits per heavy atom. The molecule has 0 saturated heterocycles. The molecule has 1 N–H and O–H groups in total. The van der Waals surface area contributed by atoms with Crippen LogP contribution in [0, 0.1) is 0 Å². The number of nitrogens with zero attached hydrogens (tertiary/aromatic N) is 1. The van der Waals surface area contributed by atoms with Crippen LogP contribution in [0.15, 0.2) is 30.3 Å². The van der Waals surface area contributed by atoms with Crippen LogP contribution >= 0.6 is 0 Å². The number of rotatable bonds is 6. The molecule has 0 spiro atoms. The minimum atomic E-state index is -0.532. The average Bonchev–Trinajstić information content (AvgIpc) is 2.34. The summed E-state index contributed by atoms with van der Waals surface area (Å²) in [6.45, 7) is 1.41. The number of carbonyl (C=O) groups is 2. The third-order valence-corrected chi connectivity index (χ3v) is 2.31. The first-order chi connectivity index (χ1) is 8.11. The number of benzene rings is 1. The topological polar surface area (TPSA) is 49.4 Å². The summed E-state index contributed by atoms with van der Waals surface area (Å²) in [6.07, 6.45) is 0.834. The molecule has 0 saturated carbocycles. The molecular formula is C13H18N2O2. The molecule has 0 aliphatic rings. The lowest BCUT2D eigenvalue weighted by molar-refractivity contribution is -0.117. The molecule has 0 heterocycles. The van der Waals surface area contributed by atoms with Crippen LogP contribution in [-0.2, 0) is 4.79 Å². The average molecular weight is 234 g/mol. The Morgan fingerprint density at radius 2 is 1.82 bits per heavy atom. The van der Waals surface area contributed by atoms with Gasteiger partial charge in [-0.3, -0.25) is 9.59 Å². The quantitative estimate of drug-likeness (QED) is 0.453. The lowest BCUT2D eigenvalue weighted by Crippen LogP contribution is -2.33. The Hall–Kier alpha value is -1.68. The predicted molar refractivity (Wildman–Crippen MR) is 67.0 cm³/mol. The zero-order valence-electron chi connectivity index (χ0n) is 10.3. The maximum absolute atomic E-state index is 11.7. The molecule has 17 heavy (non-hydrogen) atoms. The molecule has 0 aliphatic heterocycles. The van der Waals surface area contributed by atoms with Gasteiger partial charge in [0.1, 0.15) is 0 Å².